The molecule has 0 amide bonds. The van der Waals surface area contributed by atoms with Gasteiger partial charge in [-0.25, -0.2) is 0 Å². The Hall–Kier alpha value is -0.940. The number of methoxy groups -OCH3 is 2. The van der Waals surface area contributed by atoms with E-state index in [-0.39, 0.29) is 0 Å². The van der Waals surface area contributed by atoms with Crippen molar-refractivity contribution in [1.82, 2.24) is 5.32 Å². The van der Waals surface area contributed by atoms with Gasteiger partial charge in [0.2, 0.25) is 0 Å². The van der Waals surface area contributed by atoms with Crippen molar-refractivity contribution < 1.29 is 14.2 Å². The molecule has 1 rings (SSSR count). The molecule has 102 valence electrons. The zero-order chi connectivity index (χ0) is 13.1. The highest BCUT2D eigenvalue weighted by atomic mass is 16.5. The zero-order valence-electron chi connectivity index (χ0n) is 11.3. The van der Waals surface area contributed by atoms with Gasteiger partial charge in [-0.05, 0) is 11.1 Å². The first-order valence-corrected chi connectivity index (χ1v) is 6.21. The van der Waals surface area contributed by atoms with E-state index in [2.05, 4.69) is 29.6 Å². The summed E-state index contributed by atoms with van der Waals surface area (Å²) in [6, 6.07) is 8.39. The van der Waals surface area contributed by atoms with E-state index in [0.717, 1.165) is 13.1 Å². The molecule has 0 radical (unpaired) electrons. The van der Waals surface area contributed by atoms with Crippen molar-refractivity contribution in [3.63, 3.8) is 0 Å². The monoisotopic (exact) mass is 253 g/mol. The fourth-order valence-corrected chi connectivity index (χ4v) is 1.62. The molecule has 0 aliphatic rings. The lowest BCUT2D eigenvalue weighted by Crippen LogP contribution is -2.20. The van der Waals surface area contributed by atoms with Crippen LogP contribution in [0.5, 0.6) is 0 Å². The van der Waals surface area contributed by atoms with Crippen molar-refractivity contribution in [3.05, 3.63) is 35.4 Å². The van der Waals surface area contributed by atoms with Crippen LogP contribution in [-0.4, -0.2) is 40.6 Å². The van der Waals surface area contributed by atoms with Crippen LogP contribution in [0.1, 0.15) is 11.1 Å². The van der Waals surface area contributed by atoms with Crippen LogP contribution in [0.15, 0.2) is 24.3 Å². The molecule has 0 aliphatic heterocycles. The lowest BCUT2D eigenvalue weighted by atomic mass is 10.1. The third-order valence-electron chi connectivity index (χ3n) is 2.49. The average molecular weight is 253 g/mol. The minimum atomic E-state index is 0.652. The molecule has 1 N–H and O–H groups in total. The number of nitrogens with one attached hydrogen (secondary N) is 1. The van der Waals surface area contributed by atoms with Gasteiger partial charge in [-0.2, -0.15) is 0 Å². The molecule has 0 saturated carbocycles. The van der Waals surface area contributed by atoms with Gasteiger partial charge in [0.25, 0.3) is 0 Å². The summed E-state index contributed by atoms with van der Waals surface area (Å²) in [6.45, 7) is 4.37. The maximum Gasteiger partial charge on any atom is 0.0713 e. The summed E-state index contributed by atoms with van der Waals surface area (Å²) in [6.07, 6.45) is 0. The van der Waals surface area contributed by atoms with Gasteiger partial charge in [0.15, 0.2) is 0 Å². The summed E-state index contributed by atoms with van der Waals surface area (Å²) >= 11 is 0. The van der Waals surface area contributed by atoms with E-state index in [4.69, 9.17) is 14.2 Å². The van der Waals surface area contributed by atoms with Gasteiger partial charge in [0.1, 0.15) is 0 Å². The zero-order valence-corrected chi connectivity index (χ0v) is 11.3. The van der Waals surface area contributed by atoms with E-state index in [9.17, 15) is 0 Å². The lowest BCUT2D eigenvalue weighted by Gasteiger charge is -2.07. The Labute approximate surface area is 109 Å². The molecule has 1 aromatic rings. The number of benzene rings is 1. The highest BCUT2D eigenvalue weighted by Crippen LogP contribution is 2.05. The van der Waals surface area contributed by atoms with E-state index in [1.807, 2.05) is 0 Å². The SMILES string of the molecule is COCCOCCNCc1cccc(COC)c1. The minimum Gasteiger partial charge on any atom is -0.382 e. The molecular formula is C14H23NO3. The summed E-state index contributed by atoms with van der Waals surface area (Å²) in [7, 11) is 3.39. The second-order valence-corrected chi connectivity index (χ2v) is 4.03. The van der Waals surface area contributed by atoms with Gasteiger partial charge in [0.05, 0.1) is 26.4 Å². The highest BCUT2D eigenvalue weighted by molar-refractivity contribution is 5.22. The fourth-order valence-electron chi connectivity index (χ4n) is 1.62. The predicted molar refractivity (Wildman–Crippen MR) is 71.6 cm³/mol. The highest BCUT2D eigenvalue weighted by Gasteiger charge is 1.96. The van der Waals surface area contributed by atoms with Crippen molar-refractivity contribution in [2.45, 2.75) is 13.2 Å². The first-order valence-electron chi connectivity index (χ1n) is 6.21. The second kappa shape index (κ2) is 10.0. The lowest BCUT2D eigenvalue weighted by molar-refractivity contribution is 0.0719. The van der Waals surface area contributed by atoms with E-state index in [1.165, 1.54) is 11.1 Å². The number of hydrogen-bond donors (Lipinski definition) is 1. The van der Waals surface area contributed by atoms with Gasteiger partial charge < -0.3 is 19.5 Å². The second-order valence-electron chi connectivity index (χ2n) is 4.03. The van der Waals surface area contributed by atoms with Crippen LogP contribution in [0.2, 0.25) is 0 Å². The predicted octanol–water partition coefficient (Wildman–Crippen LogP) is 1.59. The molecular weight excluding hydrogens is 230 g/mol. The molecule has 0 fully saturated rings. The van der Waals surface area contributed by atoms with E-state index in [0.29, 0.717) is 26.4 Å². The van der Waals surface area contributed by atoms with Crippen molar-refractivity contribution in [3.8, 4) is 0 Å². The van der Waals surface area contributed by atoms with Crippen LogP contribution in [0.4, 0.5) is 0 Å². The molecule has 0 spiro atoms. The van der Waals surface area contributed by atoms with E-state index >= 15 is 0 Å². The summed E-state index contributed by atoms with van der Waals surface area (Å²) in [4.78, 5) is 0. The topological polar surface area (TPSA) is 39.7 Å². The summed E-state index contributed by atoms with van der Waals surface area (Å²) in [5, 5.41) is 3.34. The molecule has 0 bridgehead atoms. The van der Waals surface area contributed by atoms with Crippen LogP contribution in [-0.2, 0) is 27.4 Å². The Morgan fingerprint density at radius 2 is 1.83 bits per heavy atom. The quantitative estimate of drug-likeness (QED) is 0.643. The normalized spacial score (nSPS) is 10.8. The Bertz CT molecular complexity index is 318. The van der Waals surface area contributed by atoms with E-state index < -0.39 is 0 Å². The van der Waals surface area contributed by atoms with E-state index in [1.54, 1.807) is 14.2 Å². The van der Waals surface area contributed by atoms with Crippen LogP contribution >= 0.6 is 0 Å². The molecule has 4 heteroatoms. The smallest absolute Gasteiger partial charge is 0.0713 e. The fraction of sp³-hybridized carbons (Fsp3) is 0.571. The van der Waals surface area contributed by atoms with Crippen molar-refractivity contribution >= 4 is 0 Å². The van der Waals surface area contributed by atoms with Crippen LogP contribution < -0.4 is 5.32 Å². The third-order valence-corrected chi connectivity index (χ3v) is 2.49. The molecule has 1 aromatic carbocycles. The van der Waals surface area contributed by atoms with Gasteiger partial charge in [-0.1, -0.05) is 24.3 Å². The van der Waals surface area contributed by atoms with Crippen molar-refractivity contribution in [1.29, 1.82) is 0 Å². The maximum absolute atomic E-state index is 5.37. The average Bonchev–Trinajstić information content (AvgIpc) is 2.39. The summed E-state index contributed by atoms with van der Waals surface area (Å²) in [5.74, 6) is 0. The molecule has 0 saturated heterocycles. The number of rotatable bonds is 10. The van der Waals surface area contributed by atoms with Crippen LogP contribution in [0.25, 0.3) is 0 Å². The Morgan fingerprint density at radius 3 is 2.61 bits per heavy atom. The Kier molecular flexibility index (Phi) is 8.42. The van der Waals surface area contributed by atoms with Gasteiger partial charge in [-0.15, -0.1) is 0 Å². The number of ether oxygens (including phenoxy) is 3. The molecule has 18 heavy (non-hydrogen) atoms. The molecule has 0 unspecified atom stereocenters. The first-order chi connectivity index (χ1) is 8.86. The van der Waals surface area contributed by atoms with Crippen LogP contribution in [0.3, 0.4) is 0 Å². The largest absolute Gasteiger partial charge is 0.382 e. The maximum atomic E-state index is 5.37. The number of hydrogen-bond acceptors (Lipinski definition) is 4. The molecule has 0 aliphatic carbocycles. The Balaban J connectivity index is 2.13. The molecule has 4 nitrogen and oxygen atoms in total. The third kappa shape index (κ3) is 6.71. The van der Waals surface area contributed by atoms with Crippen molar-refractivity contribution in [2.75, 3.05) is 40.6 Å². The molecule has 0 atom stereocenters. The summed E-state index contributed by atoms with van der Waals surface area (Å²) < 4.78 is 15.4. The van der Waals surface area contributed by atoms with Crippen LogP contribution in [0, 0.1) is 0 Å². The minimum absolute atomic E-state index is 0.652. The van der Waals surface area contributed by atoms with Gasteiger partial charge in [-0.3, -0.25) is 0 Å². The molecule has 0 heterocycles. The van der Waals surface area contributed by atoms with Crippen molar-refractivity contribution in [2.24, 2.45) is 0 Å². The molecule has 0 aromatic heterocycles. The first kappa shape index (κ1) is 15.1. The standard InChI is InChI=1S/C14H23NO3/c1-16-8-9-18-7-6-15-11-13-4-3-5-14(10-13)12-17-2/h3-5,10,15H,6-9,11-12H2,1-2H3. The summed E-state index contributed by atoms with van der Waals surface area (Å²) in [5.41, 5.74) is 2.47. The Morgan fingerprint density at radius 1 is 1.00 bits per heavy atom. The van der Waals surface area contributed by atoms with Gasteiger partial charge >= 0.3 is 0 Å². The van der Waals surface area contributed by atoms with Gasteiger partial charge in [0, 0.05) is 27.3 Å².